The maximum absolute atomic E-state index is 11.3. The van der Waals surface area contributed by atoms with Crippen molar-refractivity contribution in [3.63, 3.8) is 0 Å². The van der Waals surface area contributed by atoms with Gasteiger partial charge in [-0.1, -0.05) is 12.1 Å². The minimum atomic E-state index is -0.722. The highest BCUT2D eigenvalue weighted by atomic mass is 16.5. The van der Waals surface area contributed by atoms with E-state index in [1.807, 2.05) is 18.2 Å². The van der Waals surface area contributed by atoms with E-state index in [2.05, 4.69) is 17.2 Å². The molecule has 0 aromatic heterocycles. The lowest BCUT2D eigenvalue weighted by atomic mass is 10.0. The molecule has 2 rings (SSSR count). The predicted octanol–water partition coefficient (Wildman–Crippen LogP) is 1.14. The number of benzene rings is 1. The number of aliphatic hydroxyl groups is 1. The SMILES string of the molecule is C=CCNC(=O)NCC(O)c1ccc2c(c1)CCO2. The van der Waals surface area contributed by atoms with Crippen LogP contribution in [0.15, 0.2) is 30.9 Å². The first-order valence-corrected chi connectivity index (χ1v) is 6.27. The van der Waals surface area contributed by atoms with Crippen LogP contribution in [-0.2, 0) is 6.42 Å². The molecule has 0 bridgehead atoms. The molecule has 0 saturated carbocycles. The van der Waals surface area contributed by atoms with Crippen molar-refractivity contribution in [3.8, 4) is 5.75 Å². The molecule has 1 heterocycles. The number of hydrogen-bond donors (Lipinski definition) is 3. The third-order valence-electron chi connectivity index (χ3n) is 2.96. The smallest absolute Gasteiger partial charge is 0.315 e. The van der Waals surface area contributed by atoms with E-state index in [1.165, 1.54) is 0 Å². The number of carbonyl (C=O) groups excluding carboxylic acids is 1. The molecule has 19 heavy (non-hydrogen) atoms. The summed E-state index contributed by atoms with van der Waals surface area (Å²) in [6, 6.07) is 5.29. The lowest BCUT2D eigenvalue weighted by Crippen LogP contribution is -2.37. The summed E-state index contributed by atoms with van der Waals surface area (Å²) in [5.41, 5.74) is 1.89. The Labute approximate surface area is 112 Å². The third-order valence-corrected chi connectivity index (χ3v) is 2.96. The van der Waals surface area contributed by atoms with Crippen LogP contribution in [0.3, 0.4) is 0 Å². The van der Waals surface area contributed by atoms with Gasteiger partial charge >= 0.3 is 6.03 Å². The molecule has 1 aliphatic rings. The number of ether oxygens (including phenoxy) is 1. The van der Waals surface area contributed by atoms with Crippen molar-refractivity contribution in [2.24, 2.45) is 0 Å². The van der Waals surface area contributed by atoms with E-state index in [1.54, 1.807) is 6.08 Å². The highest BCUT2D eigenvalue weighted by Gasteiger charge is 2.15. The van der Waals surface area contributed by atoms with Crippen LogP contribution < -0.4 is 15.4 Å². The average molecular weight is 262 g/mol. The Kier molecular flexibility index (Phi) is 4.41. The molecule has 0 saturated heterocycles. The van der Waals surface area contributed by atoms with Crippen LogP contribution in [-0.4, -0.2) is 30.8 Å². The molecule has 0 radical (unpaired) electrons. The lowest BCUT2D eigenvalue weighted by Gasteiger charge is -2.13. The number of rotatable bonds is 5. The van der Waals surface area contributed by atoms with E-state index >= 15 is 0 Å². The number of hydrogen-bond acceptors (Lipinski definition) is 3. The largest absolute Gasteiger partial charge is 0.493 e. The van der Waals surface area contributed by atoms with Crippen molar-refractivity contribution in [2.75, 3.05) is 19.7 Å². The van der Waals surface area contributed by atoms with Crippen LogP contribution in [0, 0.1) is 0 Å². The topological polar surface area (TPSA) is 70.6 Å². The molecule has 1 aromatic rings. The second-order valence-corrected chi connectivity index (χ2v) is 4.36. The fourth-order valence-electron chi connectivity index (χ4n) is 1.95. The van der Waals surface area contributed by atoms with Crippen LogP contribution in [0.4, 0.5) is 4.79 Å². The molecule has 1 unspecified atom stereocenters. The standard InChI is InChI=1S/C14H18N2O3/c1-2-6-15-14(18)16-9-12(17)10-3-4-13-11(8-10)5-7-19-13/h2-4,8,12,17H,1,5-7,9H2,(H2,15,16,18). The van der Waals surface area contributed by atoms with Gasteiger partial charge in [-0.2, -0.15) is 0 Å². The van der Waals surface area contributed by atoms with Gasteiger partial charge in [-0.05, 0) is 23.3 Å². The fourth-order valence-corrected chi connectivity index (χ4v) is 1.95. The van der Waals surface area contributed by atoms with E-state index in [0.717, 1.165) is 23.3 Å². The summed E-state index contributed by atoms with van der Waals surface area (Å²) in [7, 11) is 0. The molecular formula is C14H18N2O3. The number of fused-ring (bicyclic) bond motifs is 1. The Hall–Kier alpha value is -2.01. The van der Waals surface area contributed by atoms with Crippen molar-refractivity contribution < 1.29 is 14.6 Å². The van der Waals surface area contributed by atoms with Crippen LogP contribution >= 0.6 is 0 Å². The molecule has 1 aromatic carbocycles. The Balaban J connectivity index is 1.87. The number of amides is 2. The maximum atomic E-state index is 11.3. The highest BCUT2D eigenvalue weighted by molar-refractivity contribution is 5.73. The van der Waals surface area contributed by atoms with E-state index in [9.17, 15) is 9.90 Å². The monoisotopic (exact) mass is 262 g/mol. The van der Waals surface area contributed by atoms with Gasteiger partial charge in [-0.15, -0.1) is 6.58 Å². The normalized spacial score (nSPS) is 14.2. The van der Waals surface area contributed by atoms with Gasteiger partial charge in [0.05, 0.1) is 12.7 Å². The molecule has 0 aliphatic carbocycles. The summed E-state index contributed by atoms with van der Waals surface area (Å²) in [5, 5.41) is 15.2. The minimum Gasteiger partial charge on any atom is -0.493 e. The van der Waals surface area contributed by atoms with E-state index in [-0.39, 0.29) is 12.6 Å². The molecule has 102 valence electrons. The first kappa shape index (κ1) is 13.4. The zero-order valence-electron chi connectivity index (χ0n) is 10.7. The maximum Gasteiger partial charge on any atom is 0.315 e. The van der Waals surface area contributed by atoms with Gasteiger partial charge in [0, 0.05) is 19.5 Å². The quantitative estimate of drug-likeness (QED) is 0.697. The van der Waals surface area contributed by atoms with Crippen molar-refractivity contribution in [1.82, 2.24) is 10.6 Å². The van der Waals surface area contributed by atoms with Crippen LogP contribution in [0.2, 0.25) is 0 Å². The van der Waals surface area contributed by atoms with Crippen molar-refractivity contribution in [2.45, 2.75) is 12.5 Å². The van der Waals surface area contributed by atoms with Crippen molar-refractivity contribution >= 4 is 6.03 Å². The Morgan fingerprint density at radius 3 is 3.16 bits per heavy atom. The molecule has 0 spiro atoms. The second kappa shape index (κ2) is 6.24. The Morgan fingerprint density at radius 2 is 2.37 bits per heavy atom. The van der Waals surface area contributed by atoms with Gasteiger partial charge in [0.2, 0.25) is 0 Å². The average Bonchev–Trinajstić information content (AvgIpc) is 2.89. The minimum absolute atomic E-state index is 0.169. The van der Waals surface area contributed by atoms with Crippen LogP contribution in [0.1, 0.15) is 17.2 Å². The van der Waals surface area contributed by atoms with E-state index in [4.69, 9.17) is 4.74 Å². The number of urea groups is 1. The number of nitrogens with one attached hydrogen (secondary N) is 2. The Morgan fingerprint density at radius 1 is 1.53 bits per heavy atom. The predicted molar refractivity (Wildman–Crippen MR) is 72.2 cm³/mol. The zero-order chi connectivity index (χ0) is 13.7. The molecule has 1 aliphatic heterocycles. The summed E-state index contributed by atoms with van der Waals surface area (Å²) >= 11 is 0. The summed E-state index contributed by atoms with van der Waals surface area (Å²) in [6.07, 6.45) is 1.74. The number of aliphatic hydroxyl groups excluding tert-OH is 1. The molecule has 0 fully saturated rings. The molecule has 5 heteroatoms. The highest BCUT2D eigenvalue weighted by Crippen LogP contribution is 2.27. The zero-order valence-corrected chi connectivity index (χ0v) is 10.7. The summed E-state index contributed by atoms with van der Waals surface area (Å²) in [4.78, 5) is 11.3. The molecular weight excluding hydrogens is 244 g/mol. The van der Waals surface area contributed by atoms with Gasteiger partial charge in [0.15, 0.2) is 0 Å². The molecule has 1 atom stereocenters. The Bertz CT molecular complexity index is 474. The fraction of sp³-hybridized carbons (Fsp3) is 0.357. The number of carbonyl (C=O) groups is 1. The van der Waals surface area contributed by atoms with Gasteiger partial charge in [0.25, 0.3) is 0 Å². The molecule has 5 nitrogen and oxygen atoms in total. The van der Waals surface area contributed by atoms with Gasteiger partial charge in [-0.3, -0.25) is 0 Å². The molecule has 2 amide bonds. The molecule has 3 N–H and O–H groups in total. The van der Waals surface area contributed by atoms with Crippen LogP contribution in [0.5, 0.6) is 5.75 Å². The summed E-state index contributed by atoms with van der Waals surface area (Å²) in [5.74, 6) is 0.882. The van der Waals surface area contributed by atoms with Gasteiger partial charge in [0.1, 0.15) is 5.75 Å². The second-order valence-electron chi connectivity index (χ2n) is 4.36. The van der Waals surface area contributed by atoms with Gasteiger partial charge in [-0.25, -0.2) is 4.79 Å². The first-order valence-electron chi connectivity index (χ1n) is 6.27. The lowest BCUT2D eigenvalue weighted by molar-refractivity contribution is 0.173. The van der Waals surface area contributed by atoms with Crippen LogP contribution in [0.25, 0.3) is 0 Å². The third kappa shape index (κ3) is 3.48. The van der Waals surface area contributed by atoms with Gasteiger partial charge < -0.3 is 20.5 Å². The van der Waals surface area contributed by atoms with E-state index in [0.29, 0.717) is 13.2 Å². The summed E-state index contributed by atoms with van der Waals surface area (Å²) in [6.45, 7) is 4.77. The van der Waals surface area contributed by atoms with Crippen molar-refractivity contribution in [1.29, 1.82) is 0 Å². The van der Waals surface area contributed by atoms with E-state index < -0.39 is 6.10 Å². The van der Waals surface area contributed by atoms with Crippen molar-refractivity contribution in [3.05, 3.63) is 42.0 Å². The summed E-state index contributed by atoms with van der Waals surface area (Å²) < 4.78 is 5.40. The first-order chi connectivity index (χ1) is 9.20.